The van der Waals surface area contributed by atoms with Crippen molar-refractivity contribution in [1.82, 2.24) is 9.78 Å². The second kappa shape index (κ2) is 6.95. The Bertz CT molecular complexity index is 705. The van der Waals surface area contributed by atoms with Crippen LogP contribution in [0.25, 0.3) is 0 Å². The van der Waals surface area contributed by atoms with E-state index in [0.717, 1.165) is 5.69 Å². The van der Waals surface area contributed by atoms with E-state index >= 15 is 0 Å². The van der Waals surface area contributed by atoms with Gasteiger partial charge in [-0.3, -0.25) is 9.48 Å². The third-order valence-electron chi connectivity index (χ3n) is 3.20. The number of carbonyl (C=O) groups is 2. The lowest BCUT2D eigenvalue weighted by Crippen LogP contribution is -2.16. The molecule has 1 aromatic carbocycles. The fraction of sp³-hybridized carbons (Fsp3) is 0.312. The largest absolute Gasteiger partial charge is 0.482 e. The number of benzene rings is 1. The number of carboxylic acids is 1. The van der Waals surface area contributed by atoms with Gasteiger partial charge in [-0.2, -0.15) is 5.10 Å². The summed E-state index contributed by atoms with van der Waals surface area (Å²) in [6.07, 6.45) is 0. The maximum absolute atomic E-state index is 12.3. The Hall–Kier alpha value is -2.83. The fourth-order valence-corrected chi connectivity index (χ4v) is 1.96. The van der Waals surface area contributed by atoms with Crippen molar-refractivity contribution in [2.24, 2.45) is 7.05 Å². The summed E-state index contributed by atoms with van der Waals surface area (Å²) in [6, 6.07) is 8.26. The van der Waals surface area contributed by atoms with E-state index in [1.165, 1.54) is 0 Å². The molecule has 2 aromatic rings. The van der Waals surface area contributed by atoms with Crippen LogP contribution >= 0.6 is 0 Å². The van der Waals surface area contributed by atoms with Gasteiger partial charge in [-0.15, -0.1) is 0 Å². The summed E-state index contributed by atoms with van der Waals surface area (Å²) >= 11 is 0. The van der Waals surface area contributed by atoms with Crippen LogP contribution in [0.1, 0.15) is 35.9 Å². The van der Waals surface area contributed by atoms with Gasteiger partial charge >= 0.3 is 5.97 Å². The minimum atomic E-state index is -1.04. The molecule has 2 N–H and O–H groups in total. The minimum absolute atomic E-state index is 0.244. The molecule has 0 saturated heterocycles. The summed E-state index contributed by atoms with van der Waals surface area (Å²) < 4.78 is 6.59. The molecule has 0 aliphatic rings. The Kier molecular flexibility index (Phi) is 5.00. The van der Waals surface area contributed by atoms with E-state index in [2.05, 4.69) is 10.4 Å². The molecule has 0 aliphatic carbocycles. The van der Waals surface area contributed by atoms with Gasteiger partial charge in [0, 0.05) is 12.7 Å². The Balaban J connectivity index is 2.04. The molecule has 0 aliphatic heterocycles. The van der Waals surface area contributed by atoms with Crippen molar-refractivity contribution < 1.29 is 19.4 Å². The molecule has 1 heterocycles. The average Bonchev–Trinajstić information content (AvgIpc) is 2.89. The van der Waals surface area contributed by atoms with Crippen LogP contribution in [0.15, 0.2) is 30.3 Å². The highest BCUT2D eigenvalue weighted by Crippen LogP contribution is 2.18. The monoisotopic (exact) mass is 317 g/mol. The van der Waals surface area contributed by atoms with Crippen LogP contribution in [0.2, 0.25) is 0 Å². The number of ether oxygens (including phenoxy) is 1. The van der Waals surface area contributed by atoms with Crippen molar-refractivity contribution in [3.05, 3.63) is 41.7 Å². The summed E-state index contributed by atoms with van der Waals surface area (Å²) in [5.41, 5.74) is 1.92. The second-order valence-electron chi connectivity index (χ2n) is 5.39. The van der Waals surface area contributed by atoms with E-state index in [4.69, 9.17) is 9.84 Å². The number of hydrogen-bond acceptors (Lipinski definition) is 4. The fourth-order valence-electron chi connectivity index (χ4n) is 1.96. The zero-order chi connectivity index (χ0) is 17.0. The quantitative estimate of drug-likeness (QED) is 0.852. The van der Waals surface area contributed by atoms with Crippen LogP contribution < -0.4 is 10.1 Å². The van der Waals surface area contributed by atoms with Crippen LogP contribution in [0.3, 0.4) is 0 Å². The standard InChI is InChI=1S/C16H19N3O4/c1-10(2)13-8-14(19(3)18-13)16(22)17-11-4-6-12(7-5-11)23-9-15(20)21/h4-8,10H,9H2,1-3H3,(H,17,22)(H,20,21). The predicted molar refractivity (Wildman–Crippen MR) is 84.8 cm³/mol. The van der Waals surface area contributed by atoms with E-state index in [1.807, 2.05) is 13.8 Å². The third-order valence-corrected chi connectivity index (χ3v) is 3.20. The number of anilines is 1. The first-order chi connectivity index (χ1) is 10.9. The van der Waals surface area contributed by atoms with E-state index in [1.54, 1.807) is 42.1 Å². The molecule has 0 radical (unpaired) electrons. The topological polar surface area (TPSA) is 93.5 Å². The number of nitrogens with one attached hydrogen (secondary N) is 1. The highest BCUT2D eigenvalue weighted by molar-refractivity contribution is 6.03. The van der Waals surface area contributed by atoms with Gasteiger partial charge in [-0.1, -0.05) is 13.8 Å². The molecule has 0 bridgehead atoms. The zero-order valence-electron chi connectivity index (χ0n) is 13.2. The van der Waals surface area contributed by atoms with Crippen LogP contribution in [0, 0.1) is 0 Å². The molecule has 0 unspecified atom stereocenters. The van der Waals surface area contributed by atoms with Gasteiger partial charge in [-0.25, -0.2) is 4.79 Å². The lowest BCUT2D eigenvalue weighted by atomic mass is 10.1. The van der Waals surface area contributed by atoms with Gasteiger partial charge in [0.05, 0.1) is 5.69 Å². The van der Waals surface area contributed by atoms with Gasteiger partial charge in [-0.05, 0) is 36.2 Å². The molecule has 122 valence electrons. The van der Waals surface area contributed by atoms with E-state index in [9.17, 15) is 9.59 Å². The number of carboxylic acid groups (broad SMARTS) is 1. The lowest BCUT2D eigenvalue weighted by Gasteiger charge is -2.07. The maximum atomic E-state index is 12.3. The van der Waals surface area contributed by atoms with Gasteiger partial charge < -0.3 is 15.2 Å². The molecule has 7 nitrogen and oxygen atoms in total. The van der Waals surface area contributed by atoms with Crippen LogP contribution in [-0.2, 0) is 11.8 Å². The number of hydrogen-bond donors (Lipinski definition) is 2. The number of nitrogens with zero attached hydrogens (tertiary/aromatic N) is 2. The van der Waals surface area contributed by atoms with Crippen molar-refractivity contribution in [3.8, 4) is 5.75 Å². The Morgan fingerprint density at radius 3 is 2.48 bits per heavy atom. The molecule has 0 fully saturated rings. The third kappa shape index (κ3) is 4.32. The maximum Gasteiger partial charge on any atom is 0.341 e. The van der Waals surface area contributed by atoms with E-state index < -0.39 is 12.6 Å². The molecular weight excluding hydrogens is 298 g/mol. The normalized spacial score (nSPS) is 10.6. The molecule has 2 rings (SSSR count). The number of amides is 1. The minimum Gasteiger partial charge on any atom is -0.482 e. The first-order valence-corrected chi connectivity index (χ1v) is 7.16. The van der Waals surface area contributed by atoms with E-state index in [-0.39, 0.29) is 11.8 Å². The Morgan fingerprint density at radius 2 is 1.96 bits per heavy atom. The zero-order valence-corrected chi connectivity index (χ0v) is 13.2. The molecule has 23 heavy (non-hydrogen) atoms. The molecule has 7 heteroatoms. The smallest absolute Gasteiger partial charge is 0.341 e. The summed E-state index contributed by atoms with van der Waals surface area (Å²) in [5, 5.41) is 15.6. The van der Waals surface area contributed by atoms with Crippen molar-refractivity contribution in [3.63, 3.8) is 0 Å². The molecule has 0 spiro atoms. The first kappa shape index (κ1) is 16.5. The SMILES string of the molecule is CC(C)c1cc(C(=O)Nc2ccc(OCC(=O)O)cc2)n(C)n1. The van der Waals surface area contributed by atoms with Crippen LogP contribution in [0.5, 0.6) is 5.75 Å². The highest BCUT2D eigenvalue weighted by atomic mass is 16.5. The number of aromatic nitrogens is 2. The van der Waals surface area contributed by atoms with Gasteiger partial charge in [0.15, 0.2) is 6.61 Å². The molecular formula is C16H19N3O4. The number of rotatable bonds is 6. The molecule has 0 saturated carbocycles. The molecule has 0 atom stereocenters. The number of aryl methyl sites for hydroxylation is 1. The van der Waals surface area contributed by atoms with Gasteiger partial charge in [0.2, 0.25) is 0 Å². The summed E-state index contributed by atoms with van der Waals surface area (Å²) in [5.74, 6) is -0.632. The number of aliphatic carboxylic acids is 1. The van der Waals surface area contributed by atoms with Crippen molar-refractivity contribution in [2.75, 3.05) is 11.9 Å². The molecule has 1 aromatic heterocycles. The summed E-state index contributed by atoms with van der Waals surface area (Å²) in [4.78, 5) is 22.7. The van der Waals surface area contributed by atoms with Crippen molar-refractivity contribution in [2.45, 2.75) is 19.8 Å². The van der Waals surface area contributed by atoms with E-state index in [0.29, 0.717) is 17.1 Å². The molecule has 1 amide bonds. The second-order valence-corrected chi connectivity index (χ2v) is 5.39. The van der Waals surface area contributed by atoms with Crippen molar-refractivity contribution >= 4 is 17.6 Å². The average molecular weight is 317 g/mol. The Labute approximate surface area is 133 Å². The Morgan fingerprint density at radius 1 is 1.30 bits per heavy atom. The predicted octanol–water partition coefficient (Wildman–Crippen LogP) is 2.26. The lowest BCUT2D eigenvalue weighted by molar-refractivity contribution is -0.139. The van der Waals surface area contributed by atoms with Crippen LogP contribution in [0.4, 0.5) is 5.69 Å². The highest BCUT2D eigenvalue weighted by Gasteiger charge is 2.15. The van der Waals surface area contributed by atoms with Crippen molar-refractivity contribution in [1.29, 1.82) is 0 Å². The summed E-state index contributed by atoms with van der Waals surface area (Å²) in [6.45, 7) is 3.62. The van der Waals surface area contributed by atoms with Gasteiger partial charge in [0.25, 0.3) is 5.91 Å². The van der Waals surface area contributed by atoms with Gasteiger partial charge in [0.1, 0.15) is 11.4 Å². The van der Waals surface area contributed by atoms with Crippen LogP contribution in [-0.4, -0.2) is 33.4 Å². The summed E-state index contributed by atoms with van der Waals surface area (Å²) in [7, 11) is 1.73. The first-order valence-electron chi connectivity index (χ1n) is 7.16. The number of carbonyl (C=O) groups excluding carboxylic acids is 1.